The lowest BCUT2D eigenvalue weighted by Gasteiger charge is -2.29. The Hall–Kier alpha value is -10.3. The molecule has 40 nitrogen and oxygen atoms in total. The second kappa shape index (κ2) is 38.9. The van der Waals surface area contributed by atoms with Gasteiger partial charge in [-0.05, 0) is 37.4 Å². The Kier molecular flexibility index (Phi) is 28.7. The number of hydrogen-bond donors (Lipinski definition) is 20. The molecular formula is C81H114N24O16Si4. The predicted molar refractivity (Wildman–Crippen MR) is 483 cm³/mol. The number of ether oxygens (including phenoxy) is 4. The molecule has 16 rings (SSSR count). The van der Waals surface area contributed by atoms with E-state index >= 15 is 0 Å². The number of imidazole rings is 4. The van der Waals surface area contributed by atoms with E-state index in [9.17, 15) is 61.3 Å². The van der Waals surface area contributed by atoms with Crippen molar-refractivity contribution in [1.29, 1.82) is 0 Å². The summed E-state index contributed by atoms with van der Waals surface area (Å²) < 4.78 is 28.1. The number of nitrogens with two attached hydrogens (primary N) is 4. The van der Waals surface area contributed by atoms with Crippen LogP contribution in [0.25, 0.3) is 44.7 Å². The summed E-state index contributed by atoms with van der Waals surface area (Å²) in [6.45, 7) is 22.6. The minimum Gasteiger partial charge on any atom is -0.394 e. The van der Waals surface area contributed by atoms with Crippen LogP contribution in [-0.2, 0) is 18.9 Å². The summed E-state index contributed by atoms with van der Waals surface area (Å²) >= 11 is 0. The molecule has 0 bridgehead atoms. The Morgan fingerprint density at radius 3 is 0.992 bits per heavy atom. The second-order valence-corrected chi connectivity index (χ2v) is 54.3. The lowest BCUT2D eigenvalue weighted by Crippen LogP contribution is -2.55. The summed E-state index contributed by atoms with van der Waals surface area (Å²) in [5.41, 5.74) is 29.7. The highest BCUT2D eigenvalue weighted by molar-refractivity contribution is 7.01. The van der Waals surface area contributed by atoms with E-state index in [0.29, 0.717) is 74.5 Å². The van der Waals surface area contributed by atoms with E-state index in [0.717, 1.165) is 42.8 Å². The molecule has 16 atom stereocenters. The van der Waals surface area contributed by atoms with Crippen LogP contribution in [0, 0.1) is 6.92 Å². The van der Waals surface area contributed by atoms with E-state index in [-0.39, 0.29) is 23.8 Å². The summed E-state index contributed by atoms with van der Waals surface area (Å²) in [6, 6.07) is 40.4. The highest BCUT2D eigenvalue weighted by Crippen LogP contribution is 2.40. The molecule has 4 aliphatic heterocycles. The zero-order valence-electron chi connectivity index (χ0n) is 71.2. The van der Waals surface area contributed by atoms with E-state index in [2.05, 4.69) is 225 Å². The molecule has 12 aromatic rings. The maximum Gasteiger partial charge on any atom is 0.204 e. The Bertz CT molecular complexity index is 5590. The van der Waals surface area contributed by atoms with Crippen molar-refractivity contribution in [2.24, 2.45) is 0 Å². The molecule has 0 radical (unpaired) electrons. The fourth-order valence-electron chi connectivity index (χ4n) is 15.8. The molecule has 4 aliphatic rings. The predicted octanol–water partition coefficient (Wildman–Crippen LogP) is 1.08. The fourth-order valence-corrected chi connectivity index (χ4v) is 23.8. The van der Waals surface area contributed by atoms with Gasteiger partial charge < -0.3 is 124 Å². The van der Waals surface area contributed by atoms with Gasteiger partial charge in [0.25, 0.3) is 0 Å². The van der Waals surface area contributed by atoms with Gasteiger partial charge in [0.1, 0.15) is 115 Å². The van der Waals surface area contributed by atoms with E-state index < -0.39 is 157 Å². The maximum atomic E-state index is 10.5. The number of aliphatic hydroxyl groups excluding tert-OH is 12. The number of rotatable bonds is 27. The van der Waals surface area contributed by atoms with Crippen molar-refractivity contribution in [3.05, 3.63) is 140 Å². The SMILES string of the molecule is C[Si](C)(C)CCCNc1ncnc2c1nc(N)n2[C@H]1O[C@@H](CO)[C@H](O)[C@@H]1O.C[Si](C)(CNc1ncnc2c1nc(N)n2[C@H]1O[C@@H](CO)[C@H](O)[C@@H]1O)c1ccccc1.C[Si](CCCNc1ncnc2c1nc(N)n2[C@H]1O[C@@H](CO)[C@H](O)[C@@H]1O)(c1ccccc1)c1ccccc1.Cc1cc([Si](C)(C)C)ccc1Nc1ncnc2c1nc(N)n2[C@H]1O[C@@H](CO)[C@H](O)[C@@H]1O. The molecule has 0 unspecified atom stereocenters. The first-order valence-corrected chi connectivity index (χ1v) is 54.4. The molecule has 0 aliphatic carbocycles. The zero-order valence-corrected chi connectivity index (χ0v) is 75.2. The molecule has 670 valence electrons. The third kappa shape index (κ3) is 19.7. The maximum absolute atomic E-state index is 10.5. The van der Waals surface area contributed by atoms with E-state index in [1.165, 1.54) is 70.4 Å². The van der Waals surface area contributed by atoms with Crippen molar-refractivity contribution in [2.75, 3.05) is 89.9 Å². The van der Waals surface area contributed by atoms with E-state index in [4.69, 9.17) is 41.9 Å². The van der Waals surface area contributed by atoms with Crippen molar-refractivity contribution < 1.29 is 80.2 Å². The number of aryl methyl sites for hydroxylation is 1. The Balaban J connectivity index is 0.000000144. The number of nitrogen functional groups attached to an aromatic ring is 4. The quantitative estimate of drug-likeness (QED) is 0.0253. The number of aliphatic hydroxyl groups is 12. The van der Waals surface area contributed by atoms with Crippen molar-refractivity contribution in [1.82, 2.24) is 78.1 Å². The molecule has 0 spiro atoms. The minimum atomic E-state index is -1.94. The first kappa shape index (κ1) is 92.4. The fraction of sp³-hybridized carbons (Fsp3) is 0.457. The summed E-state index contributed by atoms with van der Waals surface area (Å²) in [6.07, 6.45) is -9.59. The number of fused-ring (bicyclic) bond motifs is 4. The van der Waals surface area contributed by atoms with Crippen LogP contribution in [0.3, 0.4) is 0 Å². The van der Waals surface area contributed by atoms with Crippen LogP contribution >= 0.6 is 0 Å². The number of benzene rings is 4. The summed E-state index contributed by atoms with van der Waals surface area (Å²) in [7, 11) is -6.24. The topological polar surface area (TPSA) is 606 Å². The van der Waals surface area contributed by atoms with E-state index in [1.54, 1.807) is 0 Å². The van der Waals surface area contributed by atoms with Gasteiger partial charge in [0, 0.05) is 33.0 Å². The monoisotopic (exact) mass is 1790 g/mol. The van der Waals surface area contributed by atoms with Gasteiger partial charge in [0.2, 0.25) is 23.8 Å². The van der Waals surface area contributed by atoms with E-state index in [1.807, 2.05) is 31.2 Å². The molecular weight excluding hydrogens is 1680 g/mol. The minimum absolute atomic E-state index is 0.0548. The Labute approximate surface area is 723 Å². The van der Waals surface area contributed by atoms with Crippen LogP contribution in [0.4, 0.5) is 52.8 Å². The molecule has 8 aromatic heterocycles. The molecule has 0 saturated carbocycles. The van der Waals surface area contributed by atoms with Gasteiger partial charge in [-0.15, -0.1) is 0 Å². The molecule has 125 heavy (non-hydrogen) atoms. The van der Waals surface area contributed by atoms with Crippen LogP contribution in [-0.4, -0.2) is 291 Å². The molecule has 4 fully saturated rings. The van der Waals surface area contributed by atoms with Crippen molar-refractivity contribution >= 4 is 150 Å². The second-order valence-electron chi connectivity index (χ2n) is 34.5. The van der Waals surface area contributed by atoms with Crippen LogP contribution in [0.15, 0.2) is 135 Å². The van der Waals surface area contributed by atoms with Crippen molar-refractivity contribution in [3.8, 4) is 0 Å². The third-order valence-electron chi connectivity index (χ3n) is 23.1. The van der Waals surface area contributed by atoms with Gasteiger partial charge in [-0.25, -0.2) is 59.8 Å². The standard InChI is InChI=1S/C26H32N6O4Si.C20H28N6O4Si.C19H26N6O4Si.C16H28N6O4Si/c1-37(17-9-4-2-5-10-17,18-11-6-3-7-12-18)14-8-13-28-23-20-24(30-16-29-23)32(26(27)31-20)25-22(35)21(34)19(15-33)36-25;1-10-7-11(31(2,3)4)5-6-12(10)24-17-14-18(23-9-22-17)26(20(21)25-14)19-16(29)15(28)13(8-27)30-19;1-30(2,11-6-4-3-5-7-11)10-23-16-13-17(22-9-21-16)25(19(20)24-13)18-15(28)14(27)12(8-26)29-18;1-27(2,3)6-4-5-18-13-10-14(20-8-19-13)22(16(17)21-10)15-12(25)11(24)9(7-23)26-15/h2-7,9-12,16,19,21-22,25,33-35H,8,13-15H2,1H3,(H2,27,31)(H,28,29,30);5-7,9,13,15-16,19,27-29H,8H2,1-4H3,(H2,21,25)(H,22,23,24);3-7,9,12,14-15,18,26-28H,8,10H2,1-2H3,(H2,20,24)(H,21,22,23);8-9,11-12,15,23-25H,4-7H2,1-3H3,(H2,17,21)(H,18,19,20)/t19-,21-,22-,25-;13-,15-,16-,19-;12-,14-,15-,18-;9-,11-,12-,15-/m0000/s1. The number of aromatic nitrogens is 16. The average molecular weight is 1790 g/mol. The van der Waals surface area contributed by atoms with Gasteiger partial charge in [-0.1, -0.05) is 189 Å². The van der Waals surface area contributed by atoms with Gasteiger partial charge >= 0.3 is 0 Å². The molecule has 24 N–H and O–H groups in total. The number of nitrogens with one attached hydrogen (secondary N) is 4. The normalized spacial score (nSPS) is 24.0. The lowest BCUT2D eigenvalue weighted by molar-refractivity contribution is -0.0500. The van der Waals surface area contributed by atoms with Crippen LogP contribution in [0.5, 0.6) is 0 Å². The highest BCUT2D eigenvalue weighted by Gasteiger charge is 2.49. The summed E-state index contributed by atoms with van der Waals surface area (Å²) in [5.74, 6) is 2.38. The van der Waals surface area contributed by atoms with Crippen molar-refractivity contribution in [2.45, 2.75) is 189 Å². The molecule has 12 heterocycles. The van der Waals surface area contributed by atoms with Gasteiger partial charge in [0.05, 0.1) is 34.5 Å². The molecule has 0 amide bonds. The first-order chi connectivity index (χ1) is 59.6. The first-order valence-electron chi connectivity index (χ1n) is 41.3. The summed E-state index contributed by atoms with van der Waals surface area (Å²) in [5, 5.41) is 138. The largest absolute Gasteiger partial charge is 0.394 e. The Morgan fingerprint density at radius 1 is 0.368 bits per heavy atom. The number of nitrogens with zero attached hydrogens (tertiary/aromatic N) is 16. The zero-order chi connectivity index (χ0) is 89.7. The molecule has 4 aromatic carbocycles. The average Bonchev–Trinajstić information content (AvgIpc) is 1.63. The van der Waals surface area contributed by atoms with Crippen LogP contribution in [0.2, 0.25) is 71.0 Å². The summed E-state index contributed by atoms with van der Waals surface area (Å²) in [4.78, 5) is 51.8. The highest BCUT2D eigenvalue weighted by atomic mass is 28.3. The number of anilines is 9. The van der Waals surface area contributed by atoms with Gasteiger partial charge in [0.15, 0.2) is 92.8 Å². The van der Waals surface area contributed by atoms with Crippen molar-refractivity contribution in [3.63, 3.8) is 0 Å². The van der Waals surface area contributed by atoms with Crippen LogP contribution < -0.4 is 64.9 Å². The van der Waals surface area contributed by atoms with Gasteiger partial charge in [-0.3, -0.25) is 18.3 Å². The third-order valence-corrected chi connectivity index (χ3v) is 34.5. The number of hydrogen-bond acceptors (Lipinski definition) is 36. The van der Waals surface area contributed by atoms with Crippen LogP contribution in [0.1, 0.15) is 43.3 Å². The smallest absolute Gasteiger partial charge is 0.204 e. The Morgan fingerprint density at radius 2 is 0.680 bits per heavy atom. The molecule has 44 heteroatoms. The molecule has 4 saturated heterocycles. The van der Waals surface area contributed by atoms with Gasteiger partial charge in [-0.2, -0.15) is 0 Å². The lowest BCUT2D eigenvalue weighted by atomic mass is 10.1.